The summed E-state index contributed by atoms with van der Waals surface area (Å²) in [5.74, 6) is 0.994. The van der Waals surface area contributed by atoms with Gasteiger partial charge in [0.05, 0.1) is 12.2 Å². The van der Waals surface area contributed by atoms with Crippen molar-refractivity contribution in [1.82, 2.24) is 24.6 Å². The first-order valence-corrected chi connectivity index (χ1v) is 10.7. The van der Waals surface area contributed by atoms with Gasteiger partial charge >= 0.3 is 0 Å². The van der Waals surface area contributed by atoms with Gasteiger partial charge in [-0.1, -0.05) is 0 Å². The number of aromatic nitrogens is 4. The molecular weight excluding hydrogens is 400 g/mol. The lowest BCUT2D eigenvalue weighted by atomic mass is 9.97. The third kappa shape index (κ3) is 3.54. The highest BCUT2D eigenvalue weighted by Gasteiger charge is 2.40. The van der Waals surface area contributed by atoms with Gasteiger partial charge in [-0.15, -0.1) is 0 Å². The Labute approximate surface area is 179 Å². The summed E-state index contributed by atoms with van der Waals surface area (Å²) in [5, 5.41) is 7.28. The molecule has 0 unspecified atom stereocenters. The molecule has 1 N–H and O–H groups in total. The van der Waals surface area contributed by atoms with Crippen molar-refractivity contribution in [2.45, 2.75) is 31.6 Å². The van der Waals surface area contributed by atoms with E-state index in [-0.39, 0.29) is 23.6 Å². The Bertz CT molecular complexity index is 1120. The average Bonchev–Trinajstić information content (AvgIpc) is 3.22. The Morgan fingerprint density at radius 1 is 1.23 bits per heavy atom. The van der Waals surface area contributed by atoms with Crippen LogP contribution in [0.3, 0.4) is 0 Å². The first-order chi connectivity index (χ1) is 15.0. The van der Waals surface area contributed by atoms with E-state index in [0.717, 1.165) is 35.6 Å². The van der Waals surface area contributed by atoms with Crippen molar-refractivity contribution in [3.8, 4) is 11.3 Å². The van der Waals surface area contributed by atoms with Crippen LogP contribution in [0.25, 0.3) is 11.3 Å². The van der Waals surface area contributed by atoms with E-state index in [4.69, 9.17) is 0 Å². The van der Waals surface area contributed by atoms with Crippen molar-refractivity contribution >= 4 is 5.91 Å². The highest BCUT2D eigenvalue weighted by atomic mass is 19.1. The maximum Gasteiger partial charge on any atom is 0.255 e. The van der Waals surface area contributed by atoms with E-state index in [2.05, 4.69) is 15.2 Å². The van der Waals surface area contributed by atoms with Crippen LogP contribution in [0.2, 0.25) is 0 Å². The van der Waals surface area contributed by atoms with Crippen LogP contribution in [-0.2, 0) is 7.05 Å². The number of nitrogens with one attached hydrogen (secondary N) is 1. The SMILES string of the molecule is Cc1c(C(=O)N2C[C@@H](CF)[C@H](c3nc(C4CC4)n[nH]3)C2)cc(-c2ccc(F)cc2)n1C. The number of carbonyl (C=O) groups excluding carboxylic acids is 1. The average molecular weight is 425 g/mol. The molecule has 2 aliphatic rings. The zero-order valence-corrected chi connectivity index (χ0v) is 17.6. The van der Waals surface area contributed by atoms with Gasteiger partial charge in [0.25, 0.3) is 5.91 Å². The number of nitrogens with zero attached hydrogens (tertiary/aromatic N) is 4. The summed E-state index contributed by atoms with van der Waals surface area (Å²) in [6.45, 7) is 2.13. The predicted molar refractivity (Wildman–Crippen MR) is 112 cm³/mol. The van der Waals surface area contributed by atoms with E-state index in [1.165, 1.54) is 12.1 Å². The number of halogens is 2. The molecule has 31 heavy (non-hydrogen) atoms. The molecular formula is C23H25F2N5O. The van der Waals surface area contributed by atoms with E-state index in [9.17, 15) is 13.6 Å². The summed E-state index contributed by atoms with van der Waals surface area (Å²) >= 11 is 0. The molecule has 3 heterocycles. The van der Waals surface area contributed by atoms with Crippen LogP contribution in [0.15, 0.2) is 30.3 Å². The minimum absolute atomic E-state index is 0.121. The molecule has 2 fully saturated rings. The molecule has 6 nitrogen and oxygen atoms in total. The number of likely N-dealkylation sites (tertiary alicyclic amines) is 1. The van der Waals surface area contributed by atoms with E-state index >= 15 is 0 Å². The molecule has 1 saturated carbocycles. The van der Waals surface area contributed by atoms with Crippen LogP contribution in [0, 0.1) is 18.7 Å². The lowest BCUT2D eigenvalue weighted by Crippen LogP contribution is -2.29. The summed E-state index contributed by atoms with van der Waals surface area (Å²) < 4.78 is 29.1. The Kier molecular flexibility index (Phi) is 4.87. The molecule has 3 aromatic rings. The standard InChI is InChI=1S/C23H25F2N5O/c1-13-18(9-20(29(13)2)14-5-7-17(25)8-6-14)23(31)30-11-16(10-24)19(12-30)22-26-21(27-28-22)15-3-4-15/h5-9,15-16,19H,3-4,10-12H2,1-2H3,(H,26,27,28)/t16-,19-/m1/s1. The zero-order valence-electron chi connectivity index (χ0n) is 17.6. The molecule has 1 aromatic carbocycles. The lowest BCUT2D eigenvalue weighted by molar-refractivity contribution is 0.0783. The number of carbonyl (C=O) groups is 1. The van der Waals surface area contributed by atoms with Crippen molar-refractivity contribution in [3.63, 3.8) is 0 Å². The molecule has 2 aromatic heterocycles. The van der Waals surface area contributed by atoms with Crippen LogP contribution in [0.4, 0.5) is 8.78 Å². The largest absolute Gasteiger partial charge is 0.347 e. The van der Waals surface area contributed by atoms with Gasteiger partial charge in [-0.25, -0.2) is 9.37 Å². The molecule has 0 spiro atoms. The predicted octanol–water partition coefficient (Wildman–Crippen LogP) is 3.96. The van der Waals surface area contributed by atoms with Gasteiger partial charge in [-0.3, -0.25) is 14.3 Å². The summed E-state index contributed by atoms with van der Waals surface area (Å²) in [6, 6.07) is 8.05. The molecule has 1 aliphatic heterocycles. The summed E-state index contributed by atoms with van der Waals surface area (Å²) in [5.41, 5.74) is 3.07. The third-order valence-corrected chi connectivity index (χ3v) is 6.65. The molecule has 0 radical (unpaired) electrons. The first-order valence-electron chi connectivity index (χ1n) is 10.7. The second-order valence-corrected chi connectivity index (χ2v) is 8.68. The Morgan fingerprint density at radius 2 is 1.97 bits per heavy atom. The number of amides is 1. The highest BCUT2D eigenvalue weighted by molar-refractivity contribution is 5.97. The second kappa shape index (κ2) is 7.59. The Morgan fingerprint density at radius 3 is 2.65 bits per heavy atom. The molecule has 1 aliphatic carbocycles. The number of H-pyrrole nitrogens is 1. The number of hydrogen-bond acceptors (Lipinski definition) is 3. The summed E-state index contributed by atoms with van der Waals surface area (Å²) in [4.78, 5) is 19.7. The molecule has 5 rings (SSSR count). The van der Waals surface area contributed by atoms with Gasteiger partial charge < -0.3 is 9.47 Å². The quantitative estimate of drug-likeness (QED) is 0.673. The van der Waals surface area contributed by atoms with Gasteiger partial charge in [0.15, 0.2) is 5.82 Å². The maximum atomic E-state index is 13.8. The minimum Gasteiger partial charge on any atom is -0.347 e. The fraction of sp³-hybridized carbons (Fsp3) is 0.435. The van der Waals surface area contributed by atoms with Gasteiger partial charge in [0, 0.05) is 49.3 Å². The highest BCUT2D eigenvalue weighted by Crippen LogP contribution is 2.39. The van der Waals surface area contributed by atoms with Gasteiger partial charge in [-0.2, -0.15) is 5.10 Å². The number of hydrogen-bond donors (Lipinski definition) is 1. The third-order valence-electron chi connectivity index (χ3n) is 6.65. The van der Waals surface area contributed by atoms with E-state index in [0.29, 0.717) is 30.4 Å². The number of benzene rings is 1. The smallest absolute Gasteiger partial charge is 0.255 e. The molecule has 0 bridgehead atoms. The molecule has 162 valence electrons. The topological polar surface area (TPSA) is 66.8 Å². The van der Waals surface area contributed by atoms with Gasteiger partial charge in [-0.05, 0) is 55.7 Å². The summed E-state index contributed by atoms with van der Waals surface area (Å²) in [7, 11) is 1.88. The normalized spacial score (nSPS) is 21.1. The van der Waals surface area contributed by atoms with E-state index < -0.39 is 6.67 Å². The van der Waals surface area contributed by atoms with Crippen molar-refractivity contribution in [2.75, 3.05) is 19.8 Å². The fourth-order valence-corrected chi connectivity index (χ4v) is 4.46. The van der Waals surface area contributed by atoms with E-state index in [1.807, 2.05) is 24.6 Å². The van der Waals surface area contributed by atoms with Gasteiger partial charge in [0.1, 0.15) is 11.6 Å². The second-order valence-electron chi connectivity index (χ2n) is 8.68. The minimum atomic E-state index is -0.511. The number of aromatic amines is 1. The van der Waals surface area contributed by atoms with Crippen molar-refractivity contribution < 1.29 is 13.6 Å². The van der Waals surface area contributed by atoms with Crippen LogP contribution in [0.1, 0.15) is 52.4 Å². The maximum absolute atomic E-state index is 13.8. The van der Waals surface area contributed by atoms with Crippen LogP contribution in [-0.4, -0.2) is 50.3 Å². The van der Waals surface area contributed by atoms with Crippen LogP contribution < -0.4 is 0 Å². The Hall–Kier alpha value is -3.03. The van der Waals surface area contributed by atoms with Gasteiger partial charge in [0.2, 0.25) is 0 Å². The number of rotatable bonds is 5. The van der Waals surface area contributed by atoms with Crippen LogP contribution >= 0.6 is 0 Å². The molecule has 1 saturated heterocycles. The molecule has 8 heteroatoms. The number of alkyl halides is 1. The first kappa shape index (κ1) is 19.9. The van der Waals surface area contributed by atoms with Crippen molar-refractivity contribution in [3.05, 3.63) is 59.1 Å². The van der Waals surface area contributed by atoms with Crippen molar-refractivity contribution in [1.29, 1.82) is 0 Å². The molecule has 1 amide bonds. The van der Waals surface area contributed by atoms with Crippen LogP contribution in [0.5, 0.6) is 0 Å². The molecule has 2 atom stereocenters. The zero-order chi connectivity index (χ0) is 21.7. The Balaban J connectivity index is 1.39. The van der Waals surface area contributed by atoms with Crippen molar-refractivity contribution in [2.24, 2.45) is 13.0 Å². The lowest BCUT2D eigenvalue weighted by Gasteiger charge is -2.16. The summed E-state index contributed by atoms with van der Waals surface area (Å²) in [6.07, 6.45) is 2.20. The monoisotopic (exact) mass is 425 g/mol. The fourth-order valence-electron chi connectivity index (χ4n) is 4.46. The van der Waals surface area contributed by atoms with E-state index in [1.54, 1.807) is 17.0 Å².